The summed E-state index contributed by atoms with van der Waals surface area (Å²) in [6.07, 6.45) is -0.189. The highest BCUT2D eigenvalue weighted by atomic mass is 28.4. The van der Waals surface area contributed by atoms with Crippen molar-refractivity contribution >= 4 is 18.7 Å². The first-order valence-corrected chi connectivity index (χ1v) is 13.4. The highest BCUT2D eigenvalue weighted by molar-refractivity contribution is 6.99. The normalized spacial score (nSPS) is 27.8. The van der Waals surface area contributed by atoms with Crippen molar-refractivity contribution in [1.82, 2.24) is 0 Å². The summed E-state index contributed by atoms with van der Waals surface area (Å²) in [7, 11) is -0.966. The number of ether oxygens (including phenoxy) is 4. The molecule has 2 heterocycles. The van der Waals surface area contributed by atoms with E-state index >= 15 is 0 Å². The number of methoxy groups -OCH3 is 1. The molecule has 0 aromatic heterocycles. The van der Waals surface area contributed by atoms with E-state index in [9.17, 15) is 0 Å². The first kappa shape index (κ1) is 23.6. The van der Waals surface area contributed by atoms with E-state index in [2.05, 4.69) is 81.4 Å². The highest BCUT2D eigenvalue weighted by Crippen LogP contribution is 2.40. The molecule has 0 N–H and O–H groups in total. The van der Waals surface area contributed by atoms with Crippen molar-refractivity contribution < 1.29 is 23.4 Å². The standard InChI is InChI=1S/C26H36O5Si/c1-25(2,3)32(20-13-9-7-10-14-20,21-15-11-8-12-16-21)28-18-19-17-22-23(24(27-6)29-19)31-26(4,5)30-22/h7-16,19,22-24H,17-18H2,1-6H3/t19-,22+,23+,24+/m0/s1. The topological polar surface area (TPSA) is 46.2 Å². The number of hydrogen-bond donors (Lipinski definition) is 0. The van der Waals surface area contributed by atoms with E-state index < -0.39 is 20.4 Å². The van der Waals surface area contributed by atoms with Gasteiger partial charge in [0.25, 0.3) is 8.32 Å². The number of fused-ring (bicyclic) bond motifs is 1. The minimum atomic E-state index is -2.62. The molecule has 2 fully saturated rings. The van der Waals surface area contributed by atoms with Crippen molar-refractivity contribution in [3.63, 3.8) is 0 Å². The molecule has 2 aliphatic heterocycles. The predicted molar refractivity (Wildman–Crippen MR) is 128 cm³/mol. The fourth-order valence-electron chi connectivity index (χ4n) is 5.13. The van der Waals surface area contributed by atoms with Gasteiger partial charge in [-0.25, -0.2) is 0 Å². The van der Waals surface area contributed by atoms with Crippen LogP contribution < -0.4 is 10.4 Å². The molecule has 0 bridgehead atoms. The summed E-state index contributed by atoms with van der Waals surface area (Å²) < 4.78 is 31.2. The Balaban J connectivity index is 1.64. The largest absolute Gasteiger partial charge is 0.405 e. The van der Waals surface area contributed by atoms with Crippen LogP contribution in [0.25, 0.3) is 0 Å². The van der Waals surface area contributed by atoms with Crippen LogP contribution in [-0.2, 0) is 23.4 Å². The number of hydrogen-bond acceptors (Lipinski definition) is 5. The molecular weight excluding hydrogens is 420 g/mol. The van der Waals surface area contributed by atoms with Gasteiger partial charge in [0, 0.05) is 13.5 Å². The highest BCUT2D eigenvalue weighted by Gasteiger charge is 2.53. The van der Waals surface area contributed by atoms with E-state index in [1.807, 2.05) is 13.8 Å². The summed E-state index contributed by atoms with van der Waals surface area (Å²) in [6, 6.07) is 21.3. The van der Waals surface area contributed by atoms with E-state index in [1.54, 1.807) is 7.11 Å². The molecule has 2 aliphatic rings. The third kappa shape index (κ3) is 4.45. The molecule has 0 amide bonds. The smallest absolute Gasteiger partial charge is 0.261 e. The maximum absolute atomic E-state index is 7.06. The molecule has 174 valence electrons. The van der Waals surface area contributed by atoms with E-state index in [0.717, 1.165) is 0 Å². The van der Waals surface area contributed by atoms with Gasteiger partial charge in [-0.2, -0.15) is 0 Å². The zero-order valence-electron chi connectivity index (χ0n) is 20.0. The van der Waals surface area contributed by atoms with Crippen molar-refractivity contribution in [2.24, 2.45) is 0 Å². The second-order valence-electron chi connectivity index (χ2n) is 10.2. The lowest BCUT2D eigenvalue weighted by Crippen LogP contribution is -2.67. The van der Waals surface area contributed by atoms with Crippen molar-refractivity contribution in [1.29, 1.82) is 0 Å². The average Bonchev–Trinajstić information content (AvgIpc) is 3.08. The van der Waals surface area contributed by atoms with Crippen molar-refractivity contribution in [3.8, 4) is 0 Å². The fraction of sp³-hybridized carbons (Fsp3) is 0.538. The maximum atomic E-state index is 7.06. The summed E-state index contributed by atoms with van der Waals surface area (Å²) in [5.41, 5.74) is 0. The van der Waals surface area contributed by atoms with E-state index in [0.29, 0.717) is 13.0 Å². The van der Waals surface area contributed by atoms with Gasteiger partial charge < -0.3 is 23.4 Å². The van der Waals surface area contributed by atoms with Crippen LogP contribution in [0, 0.1) is 0 Å². The van der Waals surface area contributed by atoms with Crippen molar-refractivity contribution in [3.05, 3.63) is 60.7 Å². The lowest BCUT2D eigenvalue weighted by Gasteiger charge is -2.44. The third-order valence-corrected chi connectivity index (χ3v) is 11.5. The first-order valence-electron chi connectivity index (χ1n) is 11.5. The second-order valence-corrected chi connectivity index (χ2v) is 14.5. The Bertz CT molecular complexity index is 841. The molecule has 2 saturated heterocycles. The van der Waals surface area contributed by atoms with Crippen LogP contribution in [0.2, 0.25) is 5.04 Å². The Hall–Kier alpha value is -1.54. The van der Waals surface area contributed by atoms with E-state index in [-0.39, 0.29) is 23.4 Å². The van der Waals surface area contributed by atoms with Gasteiger partial charge in [0.15, 0.2) is 12.1 Å². The maximum Gasteiger partial charge on any atom is 0.261 e. The Morgan fingerprint density at radius 1 is 0.938 bits per heavy atom. The zero-order valence-corrected chi connectivity index (χ0v) is 21.0. The summed E-state index contributed by atoms with van der Waals surface area (Å²) in [5, 5.41) is 2.44. The van der Waals surface area contributed by atoms with Gasteiger partial charge in [-0.3, -0.25) is 0 Å². The Morgan fingerprint density at radius 3 is 2.00 bits per heavy atom. The van der Waals surface area contributed by atoms with Crippen LogP contribution in [0.15, 0.2) is 60.7 Å². The lowest BCUT2D eigenvalue weighted by atomic mass is 10.0. The summed E-state index contributed by atoms with van der Waals surface area (Å²) in [6.45, 7) is 11.2. The molecule has 4 atom stereocenters. The average molecular weight is 457 g/mol. The summed E-state index contributed by atoms with van der Waals surface area (Å²) in [4.78, 5) is 0. The molecule has 0 aliphatic carbocycles. The van der Waals surface area contributed by atoms with Crippen LogP contribution in [0.3, 0.4) is 0 Å². The first-order chi connectivity index (χ1) is 15.2. The minimum absolute atomic E-state index is 0.0727. The van der Waals surface area contributed by atoms with Gasteiger partial charge in [-0.1, -0.05) is 81.4 Å². The molecule has 4 rings (SSSR count). The lowest BCUT2D eigenvalue weighted by molar-refractivity contribution is -0.245. The summed E-state index contributed by atoms with van der Waals surface area (Å²) >= 11 is 0. The molecule has 0 radical (unpaired) electrons. The zero-order chi connectivity index (χ0) is 23.0. The van der Waals surface area contributed by atoms with Gasteiger partial charge in [0.2, 0.25) is 0 Å². The minimum Gasteiger partial charge on any atom is -0.405 e. The van der Waals surface area contributed by atoms with Gasteiger partial charge in [0.05, 0.1) is 18.8 Å². The van der Waals surface area contributed by atoms with Crippen molar-refractivity contribution in [2.45, 2.75) is 76.5 Å². The SMILES string of the molecule is CO[C@@H]1O[C@H](CO[Si](c2ccccc2)(c2ccccc2)C(C)(C)C)C[C@H]2OC(C)(C)O[C@@H]12. The van der Waals surface area contributed by atoms with Crippen LogP contribution in [0.5, 0.6) is 0 Å². The van der Waals surface area contributed by atoms with Gasteiger partial charge in [0.1, 0.15) is 6.10 Å². The molecule has 0 spiro atoms. The quantitative estimate of drug-likeness (QED) is 0.618. The molecule has 5 nitrogen and oxygen atoms in total. The number of rotatable bonds is 6. The van der Waals surface area contributed by atoms with Crippen LogP contribution in [0.4, 0.5) is 0 Å². The fourth-order valence-corrected chi connectivity index (χ4v) is 9.73. The van der Waals surface area contributed by atoms with Crippen LogP contribution >= 0.6 is 0 Å². The van der Waals surface area contributed by atoms with Gasteiger partial charge in [-0.05, 0) is 29.3 Å². The van der Waals surface area contributed by atoms with Crippen molar-refractivity contribution in [2.75, 3.05) is 13.7 Å². The second kappa shape index (κ2) is 9.01. The molecule has 2 aromatic rings. The number of benzene rings is 2. The van der Waals surface area contributed by atoms with Crippen LogP contribution in [0.1, 0.15) is 41.0 Å². The molecule has 6 heteroatoms. The molecule has 0 unspecified atom stereocenters. The molecular formula is C26H36O5Si. The van der Waals surface area contributed by atoms with E-state index in [4.69, 9.17) is 23.4 Å². The van der Waals surface area contributed by atoms with Gasteiger partial charge in [-0.15, -0.1) is 0 Å². The Labute approximate surface area is 193 Å². The Kier molecular flexibility index (Phi) is 6.65. The summed E-state index contributed by atoms with van der Waals surface area (Å²) in [5.74, 6) is -0.636. The molecule has 32 heavy (non-hydrogen) atoms. The molecule has 2 aromatic carbocycles. The van der Waals surface area contributed by atoms with E-state index in [1.165, 1.54) is 10.4 Å². The third-order valence-electron chi connectivity index (χ3n) is 6.45. The molecule has 0 saturated carbocycles. The Morgan fingerprint density at radius 2 is 1.50 bits per heavy atom. The van der Waals surface area contributed by atoms with Crippen LogP contribution in [-0.4, -0.2) is 52.4 Å². The van der Waals surface area contributed by atoms with Gasteiger partial charge >= 0.3 is 0 Å². The monoisotopic (exact) mass is 456 g/mol. The predicted octanol–water partition coefficient (Wildman–Crippen LogP) is 3.84.